The smallest absolute Gasteiger partial charge is 0.187 e. The van der Waals surface area contributed by atoms with Crippen LogP contribution in [0.1, 0.15) is 26.3 Å². The molecule has 1 atom stereocenters. The number of likely N-dealkylation sites (N-methyl/N-ethyl adjacent to an activating group) is 1. The molecule has 19 heavy (non-hydrogen) atoms. The van der Waals surface area contributed by atoms with E-state index in [1.54, 1.807) is 0 Å². The van der Waals surface area contributed by atoms with Crippen molar-refractivity contribution in [2.75, 3.05) is 19.6 Å². The van der Waals surface area contributed by atoms with Gasteiger partial charge in [0, 0.05) is 19.1 Å². The second kappa shape index (κ2) is 7.40. The van der Waals surface area contributed by atoms with E-state index in [1.165, 1.54) is 0 Å². The molecule has 0 aromatic heterocycles. The van der Waals surface area contributed by atoms with Crippen LogP contribution in [0, 0.1) is 11.6 Å². The minimum absolute atomic E-state index is 0.222. The van der Waals surface area contributed by atoms with E-state index in [0.29, 0.717) is 12.1 Å². The molecule has 0 amide bonds. The quantitative estimate of drug-likeness (QED) is 0.800. The first kappa shape index (κ1) is 15.9. The van der Waals surface area contributed by atoms with Crippen LogP contribution in [0.5, 0.6) is 5.75 Å². The third-order valence-electron chi connectivity index (χ3n) is 3.16. The van der Waals surface area contributed by atoms with E-state index in [4.69, 9.17) is 5.11 Å². The van der Waals surface area contributed by atoms with Gasteiger partial charge >= 0.3 is 0 Å². The van der Waals surface area contributed by atoms with Gasteiger partial charge in [-0.15, -0.1) is 0 Å². The molecular formula is C14H22F2N2O. The summed E-state index contributed by atoms with van der Waals surface area (Å²) in [5.41, 5.74) is 0.485. The summed E-state index contributed by atoms with van der Waals surface area (Å²) < 4.78 is 26.3. The standard InChI is InChI=1S/C14H22F2N2O/c1-4-18(5-2)9-10(3)17-8-11-6-12(15)14(19)13(16)7-11/h6-7,10,17,19H,4-5,8-9H2,1-3H3. The van der Waals surface area contributed by atoms with Gasteiger partial charge in [0.25, 0.3) is 0 Å². The Morgan fingerprint density at radius 3 is 2.21 bits per heavy atom. The monoisotopic (exact) mass is 272 g/mol. The summed E-state index contributed by atoms with van der Waals surface area (Å²) in [4.78, 5) is 2.27. The number of hydrogen-bond acceptors (Lipinski definition) is 3. The van der Waals surface area contributed by atoms with Gasteiger partial charge in [0.2, 0.25) is 0 Å². The van der Waals surface area contributed by atoms with Gasteiger partial charge in [0.1, 0.15) is 0 Å². The lowest BCUT2D eigenvalue weighted by Crippen LogP contribution is -2.38. The normalized spacial score (nSPS) is 12.9. The summed E-state index contributed by atoms with van der Waals surface area (Å²) >= 11 is 0. The van der Waals surface area contributed by atoms with Crippen LogP contribution >= 0.6 is 0 Å². The van der Waals surface area contributed by atoms with Crippen molar-refractivity contribution in [2.24, 2.45) is 0 Å². The summed E-state index contributed by atoms with van der Waals surface area (Å²) in [6.45, 7) is 9.44. The van der Waals surface area contributed by atoms with E-state index in [-0.39, 0.29) is 6.04 Å². The van der Waals surface area contributed by atoms with Crippen molar-refractivity contribution in [3.05, 3.63) is 29.3 Å². The van der Waals surface area contributed by atoms with E-state index >= 15 is 0 Å². The maximum Gasteiger partial charge on any atom is 0.187 e. The third-order valence-corrected chi connectivity index (χ3v) is 3.16. The molecule has 1 unspecified atom stereocenters. The first-order valence-corrected chi connectivity index (χ1v) is 6.60. The van der Waals surface area contributed by atoms with Gasteiger partial charge in [-0.1, -0.05) is 13.8 Å². The number of benzene rings is 1. The second-order valence-corrected chi connectivity index (χ2v) is 4.68. The summed E-state index contributed by atoms with van der Waals surface area (Å²) in [5.74, 6) is -2.76. The molecule has 1 aromatic carbocycles. The zero-order valence-corrected chi connectivity index (χ0v) is 11.7. The minimum Gasteiger partial charge on any atom is -0.503 e. The molecule has 108 valence electrons. The van der Waals surface area contributed by atoms with Crippen molar-refractivity contribution >= 4 is 0 Å². The number of hydrogen-bond donors (Lipinski definition) is 2. The van der Waals surface area contributed by atoms with Crippen LogP contribution in [0.2, 0.25) is 0 Å². The van der Waals surface area contributed by atoms with Crippen molar-refractivity contribution in [1.29, 1.82) is 0 Å². The highest BCUT2D eigenvalue weighted by molar-refractivity contribution is 5.29. The van der Waals surface area contributed by atoms with Crippen LogP contribution < -0.4 is 5.32 Å². The molecule has 2 N–H and O–H groups in total. The molecule has 1 aromatic rings. The van der Waals surface area contributed by atoms with Gasteiger partial charge in [0.15, 0.2) is 17.4 Å². The highest BCUT2D eigenvalue weighted by Gasteiger charge is 2.11. The Kier molecular flexibility index (Phi) is 6.18. The number of phenolic OH excluding ortho intramolecular Hbond substituents is 1. The zero-order valence-electron chi connectivity index (χ0n) is 11.7. The summed E-state index contributed by atoms with van der Waals surface area (Å²) in [6.07, 6.45) is 0. The Bertz CT molecular complexity index is 385. The Balaban J connectivity index is 2.52. The van der Waals surface area contributed by atoms with Crippen LogP contribution in [0.25, 0.3) is 0 Å². The molecule has 0 aliphatic heterocycles. The van der Waals surface area contributed by atoms with Crippen LogP contribution in [-0.4, -0.2) is 35.7 Å². The van der Waals surface area contributed by atoms with E-state index in [1.807, 2.05) is 6.92 Å². The van der Waals surface area contributed by atoms with Gasteiger partial charge in [-0.3, -0.25) is 0 Å². The fourth-order valence-electron chi connectivity index (χ4n) is 1.95. The van der Waals surface area contributed by atoms with Crippen molar-refractivity contribution in [1.82, 2.24) is 10.2 Å². The maximum absolute atomic E-state index is 13.2. The lowest BCUT2D eigenvalue weighted by molar-refractivity contribution is 0.270. The van der Waals surface area contributed by atoms with Crippen LogP contribution in [0.4, 0.5) is 8.78 Å². The van der Waals surface area contributed by atoms with Crippen molar-refractivity contribution in [3.63, 3.8) is 0 Å². The summed E-state index contributed by atoms with van der Waals surface area (Å²) in [5, 5.41) is 12.2. The molecule has 1 rings (SSSR count). The Hall–Kier alpha value is -1.20. The highest BCUT2D eigenvalue weighted by Crippen LogP contribution is 2.21. The van der Waals surface area contributed by atoms with Gasteiger partial charge in [0.05, 0.1) is 0 Å². The van der Waals surface area contributed by atoms with Crippen LogP contribution in [-0.2, 0) is 6.54 Å². The molecular weight excluding hydrogens is 250 g/mol. The molecule has 3 nitrogen and oxygen atoms in total. The molecule has 5 heteroatoms. The predicted molar refractivity (Wildman–Crippen MR) is 72.1 cm³/mol. The number of nitrogens with zero attached hydrogens (tertiary/aromatic N) is 1. The molecule has 0 saturated heterocycles. The molecule has 0 radical (unpaired) electrons. The zero-order chi connectivity index (χ0) is 14.4. The SMILES string of the molecule is CCN(CC)CC(C)NCc1cc(F)c(O)c(F)c1. The number of phenols is 1. The molecule has 0 bridgehead atoms. The fraction of sp³-hybridized carbons (Fsp3) is 0.571. The number of aromatic hydroxyl groups is 1. The van der Waals surface area contributed by atoms with Crippen LogP contribution in [0.15, 0.2) is 12.1 Å². The molecule has 0 heterocycles. The Labute approximate surface area is 113 Å². The Morgan fingerprint density at radius 1 is 1.21 bits per heavy atom. The summed E-state index contributed by atoms with van der Waals surface area (Å²) in [7, 11) is 0. The molecule has 0 saturated carbocycles. The lowest BCUT2D eigenvalue weighted by Gasteiger charge is -2.23. The molecule has 0 aliphatic rings. The Morgan fingerprint density at radius 2 is 1.74 bits per heavy atom. The molecule has 0 spiro atoms. The number of halogens is 2. The lowest BCUT2D eigenvalue weighted by atomic mass is 10.2. The largest absolute Gasteiger partial charge is 0.503 e. The van der Waals surface area contributed by atoms with E-state index in [9.17, 15) is 8.78 Å². The predicted octanol–water partition coefficient (Wildman–Crippen LogP) is 2.49. The molecule has 0 aliphatic carbocycles. The number of nitrogens with one attached hydrogen (secondary N) is 1. The van der Waals surface area contributed by atoms with E-state index < -0.39 is 17.4 Å². The fourth-order valence-corrected chi connectivity index (χ4v) is 1.95. The topological polar surface area (TPSA) is 35.5 Å². The van der Waals surface area contributed by atoms with E-state index in [0.717, 1.165) is 31.8 Å². The maximum atomic E-state index is 13.2. The minimum atomic E-state index is -0.923. The third kappa shape index (κ3) is 4.76. The van der Waals surface area contributed by atoms with Crippen molar-refractivity contribution in [3.8, 4) is 5.75 Å². The average Bonchev–Trinajstić information content (AvgIpc) is 2.39. The molecule has 0 fully saturated rings. The van der Waals surface area contributed by atoms with Gasteiger partial charge in [-0.2, -0.15) is 0 Å². The van der Waals surface area contributed by atoms with Crippen molar-refractivity contribution in [2.45, 2.75) is 33.4 Å². The van der Waals surface area contributed by atoms with Gasteiger partial charge < -0.3 is 15.3 Å². The first-order valence-electron chi connectivity index (χ1n) is 6.60. The summed E-state index contributed by atoms with van der Waals surface area (Å²) in [6, 6.07) is 2.52. The van der Waals surface area contributed by atoms with Crippen LogP contribution in [0.3, 0.4) is 0 Å². The van der Waals surface area contributed by atoms with Gasteiger partial charge in [-0.25, -0.2) is 8.78 Å². The number of rotatable bonds is 7. The van der Waals surface area contributed by atoms with Gasteiger partial charge in [-0.05, 0) is 37.7 Å². The average molecular weight is 272 g/mol. The highest BCUT2D eigenvalue weighted by atomic mass is 19.1. The first-order chi connectivity index (χ1) is 8.97. The second-order valence-electron chi connectivity index (χ2n) is 4.68. The van der Waals surface area contributed by atoms with E-state index in [2.05, 4.69) is 24.1 Å². The van der Waals surface area contributed by atoms with Crippen molar-refractivity contribution < 1.29 is 13.9 Å².